The second kappa shape index (κ2) is 5.06. The zero-order chi connectivity index (χ0) is 14.0. The van der Waals surface area contributed by atoms with Crippen LogP contribution >= 0.6 is 0 Å². The van der Waals surface area contributed by atoms with Gasteiger partial charge in [-0.05, 0) is 6.42 Å². The lowest BCUT2D eigenvalue weighted by Crippen LogP contribution is -2.26. The lowest BCUT2D eigenvalue weighted by Gasteiger charge is -2.19. The molecule has 0 radical (unpaired) electrons. The molecule has 0 amide bonds. The van der Waals surface area contributed by atoms with E-state index in [0.717, 1.165) is 6.20 Å². The van der Waals surface area contributed by atoms with Gasteiger partial charge in [0.05, 0.1) is 16.6 Å². The third-order valence-electron chi connectivity index (χ3n) is 2.91. The van der Waals surface area contributed by atoms with E-state index in [1.165, 1.54) is 6.07 Å². The number of β-amino-alcohol motifs (C(OH)–C–C–N with tert-alkyl or cyclic N) is 1. The number of aliphatic hydroxyl groups is 1. The summed E-state index contributed by atoms with van der Waals surface area (Å²) >= 11 is 0. The van der Waals surface area contributed by atoms with Crippen LogP contribution in [0.1, 0.15) is 12.0 Å². The fourth-order valence-corrected chi connectivity index (χ4v) is 1.97. The minimum absolute atomic E-state index is 0.172. The van der Waals surface area contributed by atoms with Gasteiger partial charge in [0.2, 0.25) is 0 Å². The van der Waals surface area contributed by atoms with E-state index in [1.807, 2.05) is 0 Å². The molecule has 2 rings (SSSR count). The molecule has 1 atom stereocenters. The number of anilines is 1. The Bertz CT molecular complexity index is 533. The topological polar surface area (TPSA) is 138 Å². The molecule has 0 saturated carbocycles. The highest BCUT2D eigenvalue weighted by molar-refractivity contribution is 6.02. The number of oxime groups is 1. The molecule has 102 valence electrons. The van der Waals surface area contributed by atoms with E-state index in [1.54, 1.807) is 4.90 Å². The highest BCUT2D eigenvalue weighted by Crippen LogP contribution is 2.25. The Kier molecular flexibility index (Phi) is 3.47. The summed E-state index contributed by atoms with van der Waals surface area (Å²) in [6, 6.07) is 1.20. The molecule has 0 bridgehead atoms. The number of nitro groups is 1. The Labute approximate surface area is 108 Å². The Balaban J connectivity index is 2.45. The first-order chi connectivity index (χ1) is 9.02. The number of nitrogens with two attached hydrogens (primary N) is 1. The molecule has 0 aliphatic carbocycles. The zero-order valence-corrected chi connectivity index (χ0v) is 9.93. The van der Waals surface area contributed by atoms with Gasteiger partial charge in [0.15, 0.2) is 5.84 Å². The smallest absolute Gasteiger partial charge is 0.288 e. The van der Waals surface area contributed by atoms with Crippen molar-refractivity contribution in [3.8, 4) is 0 Å². The molecule has 19 heavy (non-hydrogen) atoms. The lowest BCUT2D eigenvalue weighted by atomic mass is 10.2. The van der Waals surface area contributed by atoms with Crippen LogP contribution in [0.4, 0.5) is 11.5 Å². The second-order valence-corrected chi connectivity index (χ2v) is 4.20. The molecular formula is C10H13N5O4. The molecule has 1 aromatic rings. The largest absolute Gasteiger partial charge is 0.409 e. The molecular weight excluding hydrogens is 254 g/mol. The van der Waals surface area contributed by atoms with Gasteiger partial charge in [-0.2, -0.15) is 0 Å². The van der Waals surface area contributed by atoms with Crippen molar-refractivity contribution in [2.24, 2.45) is 10.9 Å². The van der Waals surface area contributed by atoms with E-state index >= 15 is 0 Å². The first-order valence-corrected chi connectivity index (χ1v) is 5.58. The van der Waals surface area contributed by atoms with Crippen molar-refractivity contribution in [3.05, 3.63) is 27.9 Å². The number of aliphatic hydroxyl groups excluding tert-OH is 1. The van der Waals surface area contributed by atoms with Crippen molar-refractivity contribution < 1.29 is 15.2 Å². The minimum Gasteiger partial charge on any atom is -0.409 e. The van der Waals surface area contributed by atoms with Crippen LogP contribution in [-0.2, 0) is 0 Å². The van der Waals surface area contributed by atoms with Crippen LogP contribution in [0.25, 0.3) is 0 Å². The fourth-order valence-electron chi connectivity index (χ4n) is 1.97. The molecule has 9 nitrogen and oxygen atoms in total. The molecule has 1 aromatic heterocycles. The van der Waals surface area contributed by atoms with Gasteiger partial charge >= 0.3 is 0 Å². The summed E-state index contributed by atoms with van der Waals surface area (Å²) in [5, 5.41) is 31.8. The number of amidine groups is 1. The van der Waals surface area contributed by atoms with E-state index < -0.39 is 11.0 Å². The highest BCUT2D eigenvalue weighted by Gasteiger charge is 2.26. The predicted molar refractivity (Wildman–Crippen MR) is 66.2 cm³/mol. The molecule has 1 unspecified atom stereocenters. The summed E-state index contributed by atoms with van der Waals surface area (Å²) in [6.07, 6.45) is 1.21. The maximum absolute atomic E-state index is 10.7. The maximum Gasteiger partial charge on any atom is 0.288 e. The summed E-state index contributed by atoms with van der Waals surface area (Å²) in [6.45, 7) is 0.911. The normalized spacial score (nSPS) is 19.7. The molecule has 0 spiro atoms. The van der Waals surface area contributed by atoms with Crippen LogP contribution < -0.4 is 10.6 Å². The predicted octanol–water partition coefficient (Wildman–Crippen LogP) is -0.345. The molecule has 1 saturated heterocycles. The lowest BCUT2D eigenvalue weighted by molar-refractivity contribution is -0.385. The number of nitrogens with zero attached hydrogens (tertiary/aromatic N) is 4. The molecule has 0 aromatic carbocycles. The number of aromatic nitrogens is 1. The number of pyridine rings is 1. The van der Waals surface area contributed by atoms with Crippen LogP contribution in [0.3, 0.4) is 0 Å². The van der Waals surface area contributed by atoms with E-state index in [0.29, 0.717) is 25.3 Å². The first kappa shape index (κ1) is 13.0. The average molecular weight is 267 g/mol. The van der Waals surface area contributed by atoms with E-state index in [4.69, 9.17) is 10.9 Å². The Hall–Kier alpha value is -2.42. The summed E-state index contributed by atoms with van der Waals surface area (Å²) in [4.78, 5) is 15.8. The molecule has 9 heteroatoms. The third-order valence-corrected chi connectivity index (χ3v) is 2.91. The molecule has 2 heterocycles. The number of hydrogen-bond acceptors (Lipinski definition) is 7. The van der Waals surface area contributed by atoms with Gasteiger partial charge in [-0.15, -0.1) is 0 Å². The van der Waals surface area contributed by atoms with Crippen LogP contribution in [0.5, 0.6) is 0 Å². The summed E-state index contributed by atoms with van der Waals surface area (Å²) < 4.78 is 0. The van der Waals surface area contributed by atoms with Gasteiger partial charge in [0, 0.05) is 19.2 Å². The van der Waals surface area contributed by atoms with Crippen molar-refractivity contribution >= 4 is 17.3 Å². The molecule has 4 N–H and O–H groups in total. The summed E-state index contributed by atoms with van der Waals surface area (Å²) in [5.74, 6) is 0.102. The Morgan fingerprint density at radius 2 is 2.42 bits per heavy atom. The van der Waals surface area contributed by atoms with Crippen molar-refractivity contribution in [1.29, 1.82) is 0 Å². The first-order valence-electron chi connectivity index (χ1n) is 5.58. The Morgan fingerprint density at radius 1 is 1.68 bits per heavy atom. The minimum atomic E-state index is -0.607. The van der Waals surface area contributed by atoms with Gasteiger partial charge in [0.1, 0.15) is 12.0 Å². The molecule has 1 aliphatic rings. The van der Waals surface area contributed by atoms with E-state index in [9.17, 15) is 15.2 Å². The number of hydrogen-bond donors (Lipinski definition) is 3. The monoisotopic (exact) mass is 267 g/mol. The molecule has 1 aliphatic heterocycles. The molecule has 1 fully saturated rings. The van der Waals surface area contributed by atoms with Gasteiger partial charge < -0.3 is 20.9 Å². The van der Waals surface area contributed by atoms with Gasteiger partial charge in [-0.25, -0.2) is 4.98 Å². The fraction of sp³-hybridized carbons (Fsp3) is 0.400. The van der Waals surface area contributed by atoms with Crippen molar-refractivity contribution in [2.45, 2.75) is 12.5 Å². The SMILES string of the molecule is NC(=NO)c1cc([N+](=O)[O-])cnc1N1CCC(O)C1. The highest BCUT2D eigenvalue weighted by atomic mass is 16.6. The van der Waals surface area contributed by atoms with Crippen LogP contribution in [-0.4, -0.2) is 45.3 Å². The van der Waals surface area contributed by atoms with E-state index in [-0.39, 0.29) is 17.1 Å². The van der Waals surface area contributed by atoms with Crippen LogP contribution in [0, 0.1) is 10.1 Å². The summed E-state index contributed by atoms with van der Waals surface area (Å²) in [7, 11) is 0. The Morgan fingerprint density at radius 3 is 2.95 bits per heavy atom. The van der Waals surface area contributed by atoms with Crippen LogP contribution in [0.15, 0.2) is 17.4 Å². The van der Waals surface area contributed by atoms with Crippen molar-refractivity contribution in [2.75, 3.05) is 18.0 Å². The second-order valence-electron chi connectivity index (χ2n) is 4.20. The number of rotatable bonds is 3. The van der Waals surface area contributed by atoms with Crippen molar-refractivity contribution in [3.63, 3.8) is 0 Å². The van der Waals surface area contributed by atoms with Gasteiger partial charge in [-0.3, -0.25) is 10.1 Å². The van der Waals surface area contributed by atoms with E-state index in [2.05, 4.69) is 10.1 Å². The maximum atomic E-state index is 10.7. The quantitative estimate of drug-likeness (QED) is 0.224. The standard InChI is InChI=1S/C10H13N5O4/c11-9(13-17)8-3-6(15(18)19)4-12-10(8)14-2-1-7(16)5-14/h3-4,7,16-17H,1-2,5H2,(H2,11,13). The zero-order valence-electron chi connectivity index (χ0n) is 9.93. The van der Waals surface area contributed by atoms with Gasteiger partial charge in [0.25, 0.3) is 5.69 Å². The van der Waals surface area contributed by atoms with Crippen molar-refractivity contribution in [1.82, 2.24) is 4.98 Å². The van der Waals surface area contributed by atoms with Gasteiger partial charge in [-0.1, -0.05) is 5.16 Å². The average Bonchev–Trinajstić information content (AvgIpc) is 2.83. The van der Waals surface area contributed by atoms with Crippen LogP contribution in [0.2, 0.25) is 0 Å². The third kappa shape index (κ3) is 2.55. The summed E-state index contributed by atoms with van der Waals surface area (Å²) in [5.41, 5.74) is 5.44.